The minimum absolute atomic E-state index is 0.237. The average Bonchev–Trinajstić information content (AvgIpc) is 2.80. The van der Waals surface area contributed by atoms with E-state index >= 15 is 0 Å². The van der Waals surface area contributed by atoms with Crippen LogP contribution in [0.5, 0.6) is 0 Å². The number of nitrogens with zero attached hydrogens (tertiary/aromatic N) is 1. The van der Waals surface area contributed by atoms with Gasteiger partial charge < -0.3 is 5.32 Å². The van der Waals surface area contributed by atoms with Crippen LogP contribution in [0.15, 0.2) is 83.9 Å². The number of benzene rings is 3. The molecule has 0 radical (unpaired) electrons. The molecule has 160 valence electrons. The molecule has 1 amide bonds. The Hall–Kier alpha value is -2.86. The van der Waals surface area contributed by atoms with Gasteiger partial charge in [-0.3, -0.25) is 9.78 Å². The van der Waals surface area contributed by atoms with Gasteiger partial charge in [0.2, 0.25) is 0 Å². The second-order valence-corrected chi connectivity index (χ2v) is 8.59. The summed E-state index contributed by atoms with van der Waals surface area (Å²) < 4.78 is 13.6. The molecule has 7 heteroatoms. The van der Waals surface area contributed by atoms with Crippen LogP contribution in [0.25, 0.3) is 22.4 Å². The summed E-state index contributed by atoms with van der Waals surface area (Å²) in [5, 5.41) is 3.69. The van der Waals surface area contributed by atoms with E-state index in [1.165, 1.54) is 12.1 Å². The Morgan fingerprint density at radius 1 is 0.906 bits per heavy atom. The molecular weight excluding hydrogens is 466 g/mol. The maximum atomic E-state index is 13.6. The molecule has 1 N–H and O–H groups in total. The van der Waals surface area contributed by atoms with Crippen molar-refractivity contribution in [1.82, 2.24) is 4.98 Å². The van der Waals surface area contributed by atoms with Crippen LogP contribution >= 0.6 is 35.0 Å². The molecule has 1 heterocycles. The third kappa shape index (κ3) is 4.80. The van der Waals surface area contributed by atoms with Crippen LogP contribution < -0.4 is 5.32 Å². The number of amides is 1. The van der Waals surface area contributed by atoms with Gasteiger partial charge in [-0.05, 0) is 78.5 Å². The second-order valence-electron chi connectivity index (χ2n) is 6.90. The minimum atomic E-state index is -0.436. The number of rotatable bonds is 5. The highest BCUT2D eigenvalue weighted by Crippen LogP contribution is 2.35. The van der Waals surface area contributed by atoms with Crippen LogP contribution in [0.3, 0.4) is 0 Å². The fourth-order valence-electron chi connectivity index (χ4n) is 3.30. The van der Waals surface area contributed by atoms with E-state index in [4.69, 9.17) is 23.2 Å². The molecular formula is C25H17Cl2FN2OS. The molecule has 3 aromatic carbocycles. The van der Waals surface area contributed by atoms with E-state index in [0.29, 0.717) is 38.7 Å². The summed E-state index contributed by atoms with van der Waals surface area (Å²) in [6, 6.07) is 20.4. The second kappa shape index (κ2) is 9.74. The van der Waals surface area contributed by atoms with Crippen molar-refractivity contribution >= 4 is 46.6 Å². The predicted octanol–water partition coefficient (Wildman–Crippen LogP) is 7.84. The van der Waals surface area contributed by atoms with Gasteiger partial charge in [-0.1, -0.05) is 29.3 Å². The number of anilines is 1. The maximum absolute atomic E-state index is 13.6. The normalized spacial score (nSPS) is 10.8. The Balaban J connectivity index is 1.72. The number of nitrogens with one attached hydrogen (secondary N) is 1. The smallest absolute Gasteiger partial charge is 0.256 e. The molecule has 4 rings (SSSR count). The fourth-order valence-corrected chi connectivity index (χ4v) is 4.22. The van der Waals surface area contributed by atoms with E-state index in [1.807, 2.05) is 36.6 Å². The van der Waals surface area contributed by atoms with Crippen molar-refractivity contribution in [2.24, 2.45) is 0 Å². The SMILES string of the molecule is CSc1ccc(C(=O)Nc2ccc(Cl)c(-c3ccccn3)c2)c(-c2ccc(F)cc2Cl)c1. The first-order valence-corrected chi connectivity index (χ1v) is 11.6. The predicted molar refractivity (Wildman–Crippen MR) is 131 cm³/mol. The van der Waals surface area contributed by atoms with Gasteiger partial charge in [-0.2, -0.15) is 0 Å². The van der Waals surface area contributed by atoms with Crippen LogP contribution in [0.4, 0.5) is 10.1 Å². The molecule has 0 saturated heterocycles. The van der Waals surface area contributed by atoms with Crippen molar-refractivity contribution in [3.63, 3.8) is 0 Å². The van der Waals surface area contributed by atoms with Crippen LogP contribution in [-0.4, -0.2) is 17.1 Å². The van der Waals surface area contributed by atoms with Gasteiger partial charge in [0, 0.05) is 33.5 Å². The molecule has 0 unspecified atom stereocenters. The average molecular weight is 483 g/mol. The molecule has 0 bridgehead atoms. The Morgan fingerprint density at radius 2 is 1.75 bits per heavy atom. The molecule has 0 saturated carbocycles. The first kappa shape index (κ1) is 22.3. The first-order chi connectivity index (χ1) is 15.5. The van der Waals surface area contributed by atoms with E-state index in [9.17, 15) is 9.18 Å². The van der Waals surface area contributed by atoms with Crippen molar-refractivity contribution in [1.29, 1.82) is 0 Å². The summed E-state index contributed by atoms with van der Waals surface area (Å²) in [6.07, 6.45) is 3.63. The summed E-state index contributed by atoms with van der Waals surface area (Å²) in [5.41, 5.74) is 3.62. The van der Waals surface area contributed by atoms with Crippen LogP contribution in [0.1, 0.15) is 10.4 Å². The van der Waals surface area contributed by atoms with Crippen molar-refractivity contribution < 1.29 is 9.18 Å². The number of halogens is 3. The number of carbonyl (C=O) groups excluding carboxylic acids is 1. The molecule has 0 atom stereocenters. The Morgan fingerprint density at radius 3 is 2.47 bits per heavy atom. The number of hydrogen-bond acceptors (Lipinski definition) is 3. The van der Waals surface area contributed by atoms with E-state index in [1.54, 1.807) is 48.3 Å². The molecule has 1 aromatic heterocycles. The summed E-state index contributed by atoms with van der Waals surface area (Å²) >= 11 is 14.2. The molecule has 0 fully saturated rings. The Labute approximate surface area is 199 Å². The number of thioether (sulfide) groups is 1. The lowest BCUT2D eigenvalue weighted by Crippen LogP contribution is -2.13. The van der Waals surface area contributed by atoms with Gasteiger partial charge in [0.25, 0.3) is 5.91 Å². The highest BCUT2D eigenvalue weighted by molar-refractivity contribution is 7.98. The number of carbonyl (C=O) groups is 1. The van der Waals surface area contributed by atoms with Crippen molar-refractivity contribution in [3.05, 3.63) is 100 Å². The molecule has 0 spiro atoms. The van der Waals surface area contributed by atoms with Crippen LogP contribution in [0, 0.1) is 5.82 Å². The number of aromatic nitrogens is 1. The lowest BCUT2D eigenvalue weighted by Gasteiger charge is -2.14. The summed E-state index contributed by atoms with van der Waals surface area (Å²) in [5.74, 6) is -0.753. The maximum Gasteiger partial charge on any atom is 0.256 e. The van der Waals surface area contributed by atoms with Gasteiger partial charge in [0.15, 0.2) is 0 Å². The van der Waals surface area contributed by atoms with Gasteiger partial charge in [0.05, 0.1) is 15.7 Å². The Bertz CT molecular complexity index is 1300. The van der Waals surface area contributed by atoms with Gasteiger partial charge in [-0.15, -0.1) is 11.8 Å². The molecule has 0 aliphatic carbocycles. The van der Waals surface area contributed by atoms with Crippen molar-refractivity contribution in [2.45, 2.75) is 4.90 Å². The summed E-state index contributed by atoms with van der Waals surface area (Å²) in [7, 11) is 0. The zero-order valence-corrected chi connectivity index (χ0v) is 19.2. The zero-order valence-electron chi connectivity index (χ0n) is 16.9. The van der Waals surface area contributed by atoms with Crippen LogP contribution in [-0.2, 0) is 0 Å². The van der Waals surface area contributed by atoms with Gasteiger partial charge in [-0.25, -0.2) is 4.39 Å². The lowest BCUT2D eigenvalue weighted by molar-refractivity contribution is 0.102. The highest BCUT2D eigenvalue weighted by Gasteiger charge is 2.17. The summed E-state index contributed by atoms with van der Waals surface area (Å²) in [4.78, 5) is 18.5. The first-order valence-electron chi connectivity index (χ1n) is 9.62. The molecule has 0 aliphatic rings. The zero-order chi connectivity index (χ0) is 22.7. The standard InChI is InChI=1S/C25H17Cl2FN2OS/c1-32-17-7-9-19(20(14-17)18-8-5-15(28)12-23(18)27)25(31)30-16-6-10-22(26)21(13-16)24-4-2-3-11-29-24/h2-14H,1H3,(H,30,31). The highest BCUT2D eigenvalue weighted by atomic mass is 35.5. The Kier molecular flexibility index (Phi) is 6.80. The summed E-state index contributed by atoms with van der Waals surface area (Å²) in [6.45, 7) is 0. The molecule has 32 heavy (non-hydrogen) atoms. The van der Waals surface area contributed by atoms with Gasteiger partial charge in [0.1, 0.15) is 5.82 Å². The van der Waals surface area contributed by atoms with Gasteiger partial charge >= 0.3 is 0 Å². The third-order valence-electron chi connectivity index (χ3n) is 4.86. The van der Waals surface area contributed by atoms with Crippen molar-refractivity contribution in [2.75, 3.05) is 11.6 Å². The van der Waals surface area contributed by atoms with Crippen LogP contribution in [0.2, 0.25) is 10.0 Å². The number of pyridine rings is 1. The van der Waals surface area contributed by atoms with E-state index in [0.717, 1.165) is 4.90 Å². The molecule has 0 aliphatic heterocycles. The molecule has 4 aromatic rings. The van der Waals surface area contributed by atoms with E-state index in [-0.39, 0.29) is 10.9 Å². The number of hydrogen-bond donors (Lipinski definition) is 1. The topological polar surface area (TPSA) is 42.0 Å². The quantitative estimate of drug-likeness (QED) is 0.294. The van der Waals surface area contributed by atoms with E-state index in [2.05, 4.69) is 10.3 Å². The molecule has 3 nitrogen and oxygen atoms in total. The minimum Gasteiger partial charge on any atom is -0.322 e. The third-order valence-corrected chi connectivity index (χ3v) is 6.23. The fraction of sp³-hybridized carbons (Fsp3) is 0.0400. The largest absolute Gasteiger partial charge is 0.322 e. The lowest BCUT2D eigenvalue weighted by atomic mass is 9.98. The van der Waals surface area contributed by atoms with Crippen molar-refractivity contribution in [3.8, 4) is 22.4 Å². The monoisotopic (exact) mass is 482 g/mol. The van der Waals surface area contributed by atoms with E-state index < -0.39 is 5.82 Å².